The van der Waals surface area contributed by atoms with E-state index in [2.05, 4.69) is 31.3 Å². The predicted molar refractivity (Wildman–Crippen MR) is 93.8 cm³/mol. The highest BCUT2D eigenvalue weighted by Gasteiger charge is 2.05. The summed E-state index contributed by atoms with van der Waals surface area (Å²) in [7, 11) is 0. The summed E-state index contributed by atoms with van der Waals surface area (Å²) in [6, 6.07) is 14.9. The number of anilines is 1. The Bertz CT molecular complexity index is 804. The molecule has 0 saturated heterocycles. The standard InChI is InChI=1S/C17H15BrN4O2/c18-14-4-6-16(7-5-14)24-10-17(23)21-15-3-1-2-13(8-15)9-22-12-19-11-20-22/h1-8,11-12H,9-10H2,(H,21,23). The van der Waals surface area contributed by atoms with Gasteiger partial charge in [0.2, 0.25) is 0 Å². The molecule has 0 bridgehead atoms. The molecular weight excluding hydrogens is 372 g/mol. The maximum atomic E-state index is 12.0. The van der Waals surface area contributed by atoms with Crippen molar-refractivity contribution in [3.8, 4) is 5.75 Å². The van der Waals surface area contributed by atoms with Crippen molar-refractivity contribution in [3.63, 3.8) is 0 Å². The Balaban J connectivity index is 1.55. The zero-order valence-electron chi connectivity index (χ0n) is 12.7. The van der Waals surface area contributed by atoms with E-state index in [0.717, 1.165) is 15.7 Å². The minimum atomic E-state index is -0.212. The number of hydrogen-bond acceptors (Lipinski definition) is 4. The normalized spacial score (nSPS) is 10.4. The quantitative estimate of drug-likeness (QED) is 0.706. The van der Waals surface area contributed by atoms with Crippen LogP contribution in [0.2, 0.25) is 0 Å². The summed E-state index contributed by atoms with van der Waals surface area (Å²) >= 11 is 3.35. The van der Waals surface area contributed by atoms with E-state index in [1.165, 1.54) is 6.33 Å². The molecule has 0 aliphatic heterocycles. The fourth-order valence-electron chi connectivity index (χ4n) is 2.13. The number of hydrogen-bond donors (Lipinski definition) is 1. The first-order valence-corrected chi connectivity index (χ1v) is 8.08. The first kappa shape index (κ1) is 16.2. The largest absolute Gasteiger partial charge is 0.484 e. The van der Waals surface area contributed by atoms with Gasteiger partial charge < -0.3 is 10.1 Å². The maximum Gasteiger partial charge on any atom is 0.262 e. The van der Waals surface area contributed by atoms with Crippen molar-refractivity contribution in [1.82, 2.24) is 14.8 Å². The Morgan fingerprint density at radius 1 is 1.21 bits per heavy atom. The summed E-state index contributed by atoms with van der Waals surface area (Å²) in [5.74, 6) is 0.434. The van der Waals surface area contributed by atoms with Crippen LogP contribution in [0.5, 0.6) is 5.75 Å². The third-order valence-electron chi connectivity index (χ3n) is 3.21. The lowest BCUT2D eigenvalue weighted by atomic mass is 10.2. The number of halogens is 1. The van der Waals surface area contributed by atoms with Crippen LogP contribution in [0.3, 0.4) is 0 Å². The minimum absolute atomic E-state index is 0.0467. The highest BCUT2D eigenvalue weighted by molar-refractivity contribution is 9.10. The molecule has 6 nitrogen and oxygen atoms in total. The van der Waals surface area contributed by atoms with Gasteiger partial charge in [-0.15, -0.1) is 0 Å². The smallest absolute Gasteiger partial charge is 0.262 e. The lowest BCUT2D eigenvalue weighted by Gasteiger charge is -2.09. The van der Waals surface area contributed by atoms with Crippen molar-refractivity contribution in [2.24, 2.45) is 0 Å². The van der Waals surface area contributed by atoms with Gasteiger partial charge in [0.25, 0.3) is 5.91 Å². The molecule has 0 aliphatic carbocycles. The molecule has 3 aromatic rings. The summed E-state index contributed by atoms with van der Waals surface area (Å²) in [6.45, 7) is 0.550. The van der Waals surface area contributed by atoms with Gasteiger partial charge in [-0.1, -0.05) is 28.1 Å². The Morgan fingerprint density at radius 2 is 2.04 bits per heavy atom. The third-order valence-corrected chi connectivity index (χ3v) is 3.73. The lowest BCUT2D eigenvalue weighted by Crippen LogP contribution is -2.20. The van der Waals surface area contributed by atoms with Crippen LogP contribution in [0.1, 0.15) is 5.56 Å². The number of rotatable bonds is 6. The fraction of sp³-hybridized carbons (Fsp3) is 0.118. The number of benzene rings is 2. The molecular formula is C17H15BrN4O2. The van der Waals surface area contributed by atoms with Crippen molar-refractivity contribution in [2.45, 2.75) is 6.54 Å². The number of amides is 1. The molecule has 2 aromatic carbocycles. The molecule has 122 valence electrons. The lowest BCUT2D eigenvalue weighted by molar-refractivity contribution is -0.118. The molecule has 24 heavy (non-hydrogen) atoms. The summed E-state index contributed by atoms with van der Waals surface area (Å²) < 4.78 is 8.14. The molecule has 0 radical (unpaired) electrons. The molecule has 0 fully saturated rings. The van der Waals surface area contributed by atoms with Crippen LogP contribution in [0, 0.1) is 0 Å². The SMILES string of the molecule is O=C(COc1ccc(Br)cc1)Nc1cccc(Cn2cncn2)c1. The van der Waals surface area contributed by atoms with Crippen LogP contribution >= 0.6 is 15.9 Å². The molecule has 0 atom stereocenters. The van der Waals surface area contributed by atoms with Crippen molar-refractivity contribution >= 4 is 27.5 Å². The zero-order chi connectivity index (χ0) is 16.8. The Hall–Kier alpha value is -2.67. The number of carbonyl (C=O) groups is 1. The molecule has 0 unspecified atom stereocenters. The van der Waals surface area contributed by atoms with Crippen molar-refractivity contribution < 1.29 is 9.53 Å². The van der Waals surface area contributed by atoms with Gasteiger partial charge in [0.05, 0.1) is 6.54 Å². The van der Waals surface area contributed by atoms with Crippen LogP contribution in [-0.4, -0.2) is 27.3 Å². The van der Waals surface area contributed by atoms with Crippen LogP contribution in [0.4, 0.5) is 5.69 Å². The van der Waals surface area contributed by atoms with Crippen molar-refractivity contribution in [1.29, 1.82) is 0 Å². The molecule has 0 spiro atoms. The van der Waals surface area contributed by atoms with Crippen LogP contribution < -0.4 is 10.1 Å². The molecule has 1 amide bonds. The van der Waals surface area contributed by atoms with Gasteiger partial charge in [0.1, 0.15) is 18.4 Å². The second kappa shape index (κ2) is 7.74. The van der Waals surface area contributed by atoms with Crippen molar-refractivity contribution in [2.75, 3.05) is 11.9 Å². The monoisotopic (exact) mass is 386 g/mol. The number of aromatic nitrogens is 3. The Labute approximate surface area is 147 Å². The molecule has 0 aliphatic rings. The molecule has 3 rings (SSSR count). The van der Waals surface area contributed by atoms with Gasteiger partial charge in [-0.2, -0.15) is 5.10 Å². The van der Waals surface area contributed by atoms with Gasteiger partial charge in [-0.05, 0) is 42.0 Å². The Kier molecular flexibility index (Phi) is 5.22. The molecule has 1 aromatic heterocycles. The average molecular weight is 387 g/mol. The number of nitrogens with one attached hydrogen (secondary N) is 1. The van der Waals surface area contributed by atoms with Gasteiger partial charge in [-0.3, -0.25) is 4.79 Å². The van der Waals surface area contributed by atoms with Crippen LogP contribution in [-0.2, 0) is 11.3 Å². The highest BCUT2D eigenvalue weighted by atomic mass is 79.9. The predicted octanol–water partition coefficient (Wildman–Crippen LogP) is 3.11. The Morgan fingerprint density at radius 3 is 2.79 bits per heavy atom. The minimum Gasteiger partial charge on any atom is -0.484 e. The van der Waals surface area contributed by atoms with Gasteiger partial charge in [-0.25, -0.2) is 9.67 Å². The second-order valence-corrected chi connectivity index (χ2v) is 6.00. The topological polar surface area (TPSA) is 69.0 Å². The molecule has 7 heteroatoms. The maximum absolute atomic E-state index is 12.0. The number of carbonyl (C=O) groups excluding carboxylic acids is 1. The van der Waals surface area contributed by atoms with Gasteiger partial charge >= 0.3 is 0 Å². The van der Waals surface area contributed by atoms with Gasteiger partial charge in [0.15, 0.2) is 6.61 Å². The number of ether oxygens (including phenoxy) is 1. The van der Waals surface area contributed by atoms with E-state index in [0.29, 0.717) is 12.3 Å². The average Bonchev–Trinajstić information content (AvgIpc) is 3.08. The fourth-order valence-corrected chi connectivity index (χ4v) is 2.39. The van der Waals surface area contributed by atoms with E-state index in [-0.39, 0.29) is 12.5 Å². The van der Waals surface area contributed by atoms with Crippen LogP contribution in [0.25, 0.3) is 0 Å². The molecule has 1 N–H and O–H groups in total. The summed E-state index contributed by atoms with van der Waals surface area (Å²) in [5, 5.41) is 6.89. The first-order valence-electron chi connectivity index (χ1n) is 7.28. The van der Waals surface area contributed by atoms with E-state index in [4.69, 9.17) is 4.74 Å². The first-order chi connectivity index (χ1) is 11.7. The summed E-state index contributed by atoms with van der Waals surface area (Å²) in [5.41, 5.74) is 1.74. The van der Waals surface area contributed by atoms with E-state index < -0.39 is 0 Å². The van der Waals surface area contributed by atoms with E-state index >= 15 is 0 Å². The van der Waals surface area contributed by atoms with E-state index in [1.54, 1.807) is 23.1 Å². The third kappa shape index (κ3) is 4.66. The molecule has 1 heterocycles. The number of nitrogens with zero attached hydrogens (tertiary/aromatic N) is 3. The van der Waals surface area contributed by atoms with E-state index in [1.807, 2.05) is 36.4 Å². The molecule has 0 saturated carbocycles. The second-order valence-electron chi connectivity index (χ2n) is 5.08. The summed E-state index contributed by atoms with van der Waals surface area (Å²) in [4.78, 5) is 15.9. The summed E-state index contributed by atoms with van der Waals surface area (Å²) in [6.07, 6.45) is 3.14. The van der Waals surface area contributed by atoms with Crippen molar-refractivity contribution in [3.05, 3.63) is 71.2 Å². The zero-order valence-corrected chi connectivity index (χ0v) is 14.3. The van der Waals surface area contributed by atoms with Crippen LogP contribution in [0.15, 0.2) is 65.7 Å². The van der Waals surface area contributed by atoms with E-state index in [9.17, 15) is 4.79 Å². The highest BCUT2D eigenvalue weighted by Crippen LogP contribution is 2.16. The van der Waals surface area contributed by atoms with Gasteiger partial charge in [0, 0.05) is 10.2 Å².